The van der Waals surface area contributed by atoms with Gasteiger partial charge in [-0.25, -0.2) is 0 Å². The van der Waals surface area contributed by atoms with E-state index in [-0.39, 0.29) is 17.4 Å². The summed E-state index contributed by atoms with van der Waals surface area (Å²) in [4.78, 5) is 40.3. The van der Waals surface area contributed by atoms with Crippen LogP contribution in [0.2, 0.25) is 0 Å². The molecule has 2 aliphatic heterocycles. The number of benzene rings is 1. The summed E-state index contributed by atoms with van der Waals surface area (Å²) in [5.41, 5.74) is 0.681. The number of amides is 3. The number of thioether (sulfide) groups is 1. The monoisotopic (exact) mass is 468 g/mol. The number of nitrogens with zero attached hydrogens (tertiary/aromatic N) is 2. The summed E-state index contributed by atoms with van der Waals surface area (Å²) in [6.45, 7) is 3.49. The number of carbonyl (C=O) groups excluding carboxylic acids is 3. The lowest BCUT2D eigenvalue weighted by Gasteiger charge is -2.18. The summed E-state index contributed by atoms with van der Waals surface area (Å²) in [6.07, 6.45) is 3.54. The summed E-state index contributed by atoms with van der Waals surface area (Å²) >= 11 is 4.29. The summed E-state index contributed by atoms with van der Waals surface area (Å²) in [7, 11) is 1.55. The molecule has 0 saturated carbocycles. The number of ether oxygens (including phenoxy) is 2. The zero-order chi connectivity index (χ0) is 20.3. The van der Waals surface area contributed by atoms with E-state index < -0.39 is 11.1 Å². The molecule has 0 atom stereocenters. The molecule has 7 nitrogen and oxygen atoms in total. The molecule has 3 rings (SSSR count). The molecule has 2 saturated heterocycles. The second-order valence-electron chi connectivity index (χ2n) is 6.31. The lowest BCUT2D eigenvalue weighted by Crippen LogP contribution is -2.40. The van der Waals surface area contributed by atoms with Crippen molar-refractivity contribution in [3.8, 4) is 11.5 Å². The number of carbonyl (C=O) groups is 3. The maximum Gasteiger partial charge on any atom is 0.294 e. The number of rotatable bonds is 6. The predicted molar refractivity (Wildman–Crippen MR) is 110 cm³/mol. The predicted octanol–water partition coefficient (Wildman–Crippen LogP) is 3.52. The second kappa shape index (κ2) is 9.00. The van der Waals surface area contributed by atoms with E-state index in [9.17, 15) is 14.4 Å². The van der Waals surface area contributed by atoms with Crippen LogP contribution in [0.1, 0.15) is 25.3 Å². The first-order valence-electron chi connectivity index (χ1n) is 8.98. The molecular weight excluding hydrogens is 448 g/mol. The molecule has 1 aromatic rings. The standard InChI is InChI=1S/C19H21BrN2O5S/c1-3-27-15-8-12(13(20)10-14(15)26-2)9-16-18(24)22(19(25)28-16)11-17(23)21-6-4-5-7-21/h8-10H,3-7,11H2,1-2H3/b16-9+. The largest absolute Gasteiger partial charge is 0.493 e. The van der Waals surface area contributed by atoms with E-state index in [1.165, 1.54) is 0 Å². The third-order valence-corrected chi connectivity index (χ3v) is 6.09. The Morgan fingerprint density at radius 1 is 1.25 bits per heavy atom. The number of hydrogen-bond acceptors (Lipinski definition) is 6. The van der Waals surface area contributed by atoms with Crippen molar-refractivity contribution in [3.05, 3.63) is 27.1 Å². The maximum atomic E-state index is 12.7. The number of halogens is 1. The molecule has 150 valence electrons. The van der Waals surface area contributed by atoms with Gasteiger partial charge in [-0.15, -0.1) is 0 Å². The number of methoxy groups -OCH3 is 1. The van der Waals surface area contributed by atoms with Gasteiger partial charge in [0.05, 0.1) is 18.6 Å². The normalized spacial score (nSPS) is 18.3. The summed E-state index contributed by atoms with van der Waals surface area (Å²) in [5, 5.41) is -0.432. The van der Waals surface area contributed by atoms with Crippen LogP contribution < -0.4 is 9.47 Å². The van der Waals surface area contributed by atoms with Crippen molar-refractivity contribution in [2.75, 3.05) is 33.4 Å². The first-order chi connectivity index (χ1) is 13.4. The van der Waals surface area contributed by atoms with Gasteiger partial charge in [0.15, 0.2) is 11.5 Å². The van der Waals surface area contributed by atoms with Crippen LogP contribution in [0.5, 0.6) is 11.5 Å². The van der Waals surface area contributed by atoms with Gasteiger partial charge in [-0.1, -0.05) is 15.9 Å². The highest BCUT2D eigenvalue weighted by atomic mass is 79.9. The van der Waals surface area contributed by atoms with Crippen molar-refractivity contribution < 1.29 is 23.9 Å². The molecule has 2 heterocycles. The fourth-order valence-corrected chi connectivity index (χ4v) is 4.33. The quantitative estimate of drug-likeness (QED) is 0.594. The van der Waals surface area contributed by atoms with Crippen molar-refractivity contribution in [1.82, 2.24) is 9.80 Å². The van der Waals surface area contributed by atoms with E-state index in [2.05, 4.69) is 15.9 Å². The molecule has 0 aromatic heterocycles. The first kappa shape index (κ1) is 20.7. The van der Waals surface area contributed by atoms with Crippen molar-refractivity contribution >= 4 is 50.8 Å². The van der Waals surface area contributed by atoms with Gasteiger partial charge in [-0.2, -0.15) is 0 Å². The molecule has 2 aliphatic rings. The van der Waals surface area contributed by atoms with Gasteiger partial charge in [-0.05, 0) is 55.3 Å². The molecule has 0 spiro atoms. The van der Waals surface area contributed by atoms with Crippen molar-refractivity contribution in [1.29, 1.82) is 0 Å². The molecule has 0 N–H and O–H groups in total. The van der Waals surface area contributed by atoms with E-state index in [0.29, 0.717) is 41.2 Å². The third-order valence-electron chi connectivity index (χ3n) is 4.50. The minimum atomic E-state index is -0.455. The second-order valence-corrected chi connectivity index (χ2v) is 8.16. The third kappa shape index (κ3) is 4.35. The van der Waals surface area contributed by atoms with Crippen molar-refractivity contribution in [3.63, 3.8) is 0 Å². The number of likely N-dealkylation sites (tertiary alicyclic amines) is 1. The van der Waals surface area contributed by atoms with E-state index in [1.54, 1.807) is 30.2 Å². The van der Waals surface area contributed by atoms with Gasteiger partial charge in [0.2, 0.25) is 5.91 Å². The highest BCUT2D eigenvalue weighted by molar-refractivity contribution is 9.10. The van der Waals surface area contributed by atoms with Crippen LogP contribution in [0, 0.1) is 0 Å². The Bertz CT molecular complexity index is 836. The highest BCUT2D eigenvalue weighted by Crippen LogP contribution is 2.38. The Morgan fingerprint density at radius 3 is 2.61 bits per heavy atom. The van der Waals surface area contributed by atoms with Gasteiger partial charge in [-0.3, -0.25) is 19.3 Å². The molecule has 0 unspecified atom stereocenters. The zero-order valence-electron chi connectivity index (χ0n) is 15.7. The molecule has 0 bridgehead atoms. The highest BCUT2D eigenvalue weighted by Gasteiger charge is 2.37. The maximum absolute atomic E-state index is 12.7. The lowest BCUT2D eigenvalue weighted by molar-refractivity contribution is -0.135. The number of imide groups is 1. The summed E-state index contributed by atoms with van der Waals surface area (Å²) in [6, 6.07) is 3.49. The van der Waals surface area contributed by atoms with Crippen LogP contribution in [-0.2, 0) is 9.59 Å². The van der Waals surface area contributed by atoms with Crippen LogP contribution in [0.25, 0.3) is 6.08 Å². The lowest BCUT2D eigenvalue weighted by atomic mass is 10.2. The van der Waals surface area contributed by atoms with Crippen LogP contribution in [-0.4, -0.2) is 60.2 Å². The van der Waals surface area contributed by atoms with Gasteiger partial charge < -0.3 is 14.4 Å². The average molecular weight is 469 g/mol. The Kier molecular flexibility index (Phi) is 6.66. The van der Waals surface area contributed by atoms with Gasteiger partial charge in [0, 0.05) is 17.6 Å². The summed E-state index contributed by atoms with van der Waals surface area (Å²) < 4.78 is 11.6. The molecule has 0 radical (unpaired) electrons. The van der Waals surface area contributed by atoms with Crippen LogP contribution in [0.4, 0.5) is 4.79 Å². The molecule has 9 heteroatoms. The first-order valence-corrected chi connectivity index (χ1v) is 10.6. The Balaban J connectivity index is 1.81. The minimum absolute atomic E-state index is 0.190. The van der Waals surface area contributed by atoms with E-state index in [4.69, 9.17) is 9.47 Å². The fourth-order valence-electron chi connectivity index (χ4n) is 3.07. The zero-order valence-corrected chi connectivity index (χ0v) is 18.1. The molecule has 3 amide bonds. The van der Waals surface area contributed by atoms with E-state index >= 15 is 0 Å². The van der Waals surface area contributed by atoms with E-state index in [1.807, 2.05) is 6.92 Å². The van der Waals surface area contributed by atoms with Gasteiger partial charge in [0.1, 0.15) is 6.54 Å². The Labute approximate surface area is 176 Å². The van der Waals surface area contributed by atoms with Crippen molar-refractivity contribution in [2.45, 2.75) is 19.8 Å². The topological polar surface area (TPSA) is 76.2 Å². The Hall–Kier alpha value is -2.00. The molecule has 28 heavy (non-hydrogen) atoms. The van der Waals surface area contributed by atoms with Crippen LogP contribution in [0.3, 0.4) is 0 Å². The minimum Gasteiger partial charge on any atom is -0.493 e. The molecule has 0 aliphatic carbocycles. The molecule has 1 aromatic carbocycles. The fraction of sp³-hybridized carbons (Fsp3) is 0.421. The molecular formula is C19H21BrN2O5S. The van der Waals surface area contributed by atoms with E-state index in [0.717, 1.165) is 29.5 Å². The SMILES string of the molecule is CCOc1cc(/C=C2/SC(=O)N(CC(=O)N3CCCC3)C2=O)c(Br)cc1OC. The van der Waals surface area contributed by atoms with Crippen LogP contribution in [0.15, 0.2) is 21.5 Å². The summed E-state index contributed by atoms with van der Waals surface area (Å²) in [5.74, 6) is 0.464. The smallest absolute Gasteiger partial charge is 0.294 e. The Morgan fingerprint density at radius 2 is 1.96 bits per heavy atom. The van der Waals surface area contributed by atoms with Gasteiger partial charge in [0.25, 0.3) is 11.1 Å². The van der Waals surface area contributed by atoms with Crippen molar-refractivity contribution in [2.24, 2.45) is 0 Å². The van der Waals surface area contributed by atoms with Crippen LogP contribution >= 0.6 is 27.7 Å². The average Bonchev–Trinajstić information content (AvgIpc) is 3.29. The number of hydrogen-bond donors (Lipinski definition) is 0. The molecule has 2 fully saturated rings. The van der Waals surface area contributed by atoms with Gasteiger partial charge >= 0.3 is 0 Å².